The number of ketones is 1. The van der Waals surface area contributed by atoms with Crippen molar-refractivity contribution in [1.82, 2.24) is 4.72 Å². The summed E-state index contributed by atoms with van der Waals surface area (Å²) in [5.41, 5.74) is -0.196. The van der Waals surface area contributed by atoms with Gasteiger partial charge in [-0.15, -0.1) is 0 Å². The molecule has 130 valence electrons. The molecule has 1 atom stereocenters. The second kappa shape index (κ2) is 6.35. The number of carbonyl (C=O) groups is 2. The fourth-order valence-electron chi connectivity index (χ4n) is 1.95. The van der Waals surface area contributed by atoms with E-state index >= 15 is 0 Å². The van der Waals surface area contributed by atoms with Gasteiger partial charge in [0.1, 0.15) is 11.9 Å². The monoisotopic (exact) mass is 352 g/mol. The minimum absolute atomic E-state index is 0.0946. The fourth-order valence-corrected chi connectivity index (χ4v) is 3.19. The number of ether oxygens (including phenoxy) is 1. The van der Waals surface area contributed by atoms with Gasteiger partial charge in [0, 0.05) is 11.0 Å². The maximum absolute atomic E-state index is 12.0. The van der Waals surface area contributed by atoms with E-state index in [0.29, 0.717) is 5.56 Å². The normalized spacial score (nSPS) is 18.6. The Labute approximate surface area is 141 Å². The Kier molecular flexibility index (Phi) is 4.80. The number of hydrogen-bond donors (Lipinski definition) is 1. The Morgan fingerprint density at radius 2 is 1.88 bits per heavy atom. The molecule has 8 heteroatoms. The van der Waals surface area contributed by atoms with E-state index in [2.05, 4.69) is 9.71 Å². The number of aliphatic imine (C=N–C) groups is 1. The Morgan fingerprint density at radius 3 is 2.50 bits per heavy atom. The molecule has 1 heterocycles. The molecule has 1 aliphatic heterocycles. The quantitative estimate of drug-likeness (QED) is 0.822. The van der Waals surface area contributed by atoms with Crippen molar-refractivity contribution in [3.63, 3.8) is 0 Å². The van der Waals surface area contributed by atoms with Crippen LogP contribution in [0.3, 0.4) is 0 Å². The van der Waals surface area contributed by atoms with Gasteiger partial charge < -0.3 is 4.74 Å². The van der Waals surface area contributed by atoms with E-state index in [9.17, 15) is 18.0 Å². The van der Waals surface area contributed by atoms with E-state index in [0.717, 1.165) is 0 Å². The standard InChI is InChI=1S/C16H20N2O5S/c1-10(15(20)23-9-13(19)16(2,3)4)17-14-11-7-5-6-8-12(11)24(21,22)18-14/h5-8,10H,9H2,1-4H3,(H,17,18)/t10-/m1/s1. The van der Waals surface area contributed by atoms with Crippen molar-refractivity contribution in [3.8, 4) is 0 Å². The summed E-state index contributed by atoms with van der Waals surface area (Å²) < 4.78 is 31.3. The summed E-state index contributed by atoms with van der Waals surface area (Å²) in [5.74, 6) is -0.802. The molecular formula is C16H20N2O5S. The molecule has 1 N–H and O–H groups in total. The predicted molar refractivity (Wildman–Crippen MR) is 88.2 cm³/mol. The maximum atomic E-state index is 12.0. The summed E-state index contributed by atoms with van der Waals surface area (Å²) >= 11 is 0. The summed E-state index contributed by atoms with van der Waals surface area (Å²) in [5, 5.41) is 0. The predicted octanol–water partition coefficient (Wildman–Crippen LogP) is 1.27. The highest BCUT2D eigenvalue weighted by Crippen LogP contribution is 2.22. The molecule has 0 saturated carbocycles. The van der Waals surface area contributed by atoms with E-state index in [4.69, 9.17) is 4.74 Å². The first kappa shape index (κ1) is 18.1. The zero-order chi connectivity index (χ0) is 18.1. The maximum Gasteiger partial charge on any atom is 0.331 e. The van der Waals surface area contributed by atoms with Crippen LogP contribution in [-0.2, 0) is 24.3 Å². The molecule has 2 rings (SSSR count). The Hall–Kier alpha value is -2.22. The van der Waals surface area contributed by atoms with E-state index in [1.54, 1.807) is 39.0 Å². The van der Waals surface area contributed by atoms with Crippen LogP contribution in [0.4, 0.5) is 0 Å². The molecule has 0 radical (unpaired) electrons. The van der Waals surface area contributed by atoms with Crippen molar-refractivity contribution in [2.24, 2.45) is 10.4 Å². The SMILES string of the molecule is C[C@@H](N=C1NS(=O)(=O)c2ccccc21)C(=O)OCC(=O)C(C)(C)C. The van der Waals surface area contributed by atoms with Crippen LogP contribution in [0.1, 0.15) is 33.3 Å². The molecule has 0 bridgehead atoms. The van der Waals surface area contributed by atoms with Crippen molar-refractivity contribution in [2.75, 3.05) is 6.61 Å². The minimum Gasteiger partial charge on any atom is -0.456 e. The molecule has 0 spiro atoms. The van der Waals surface area contributed by atoms with Gasteiger partial charge in [-0.3, -0.25) is 14.5 Å². The number of nitrogens with zero attached hydrogens (tertiary/aromatic N) is 1. The number of benzene rings is 1. The number of esters is 1. The van der Waals surface area contributed by atoms with E-state index in [1.165, 1.54) is 13.0 Å². The molecule has 1 aromatic carbocycles. The molecule has 0 aromatic heterocycles. The topological polar surface area (TPSA) is 102 Å². The third-order valence-electron chi connectivity index (χ3n) is 3.51. The first-order chi connectivity index (χ1) is 11.0. The molecule has 0 aliphatic carbocycles. The van der Waals surface area contributed by atoms with Crippen LogP contribution in [-0.4, -0.2) is 38.7 Å². The summed E-state index contributed by atoms with van der Waals surface area (Å²) in [6.07, 6.45) is 0. The van der Waals surface area contributed by atoms with Gasteiger partial charge in [-0.05, 0) is 19.1 Å². The van der Waals surface area contributed by atoms with Crippen LogP contribution in [0.25, 0.3) is 0 Å². The third-order valence-corrected chi connectivity index (χ3v) is 4.91. The first-order valence-corrected chi connectivity index (χ1v) is 8.90. The highest BCUT2D eigenvalue weighted by molar-refractivity contribution is 7.90. The fraction of sp³-hybridized carbons (Fsp3) is 0.438. The molecule has 1 aliphatic rings. The minimum atomic E-state index is -3.66. The van der Waals surface area contributed by atoms with Crippen LogP contribution in [0.5, 0.6) is 0 Å². The van der Waals surface area contributed by atoms with E-state index in [1.807, 2.05) is 0 Å². The number of amidine groups is 1. The number of Topliss-reactive ketones (excluding diaryl/α,β-unsaturated/α-hetero) is 1. The van der Waals surface area contributed by atoms with Crippen LogP contribution >= 0.6 is 0 Å². The summed E-state index contributed by atoms with van der Waals surface area (Å²) in [6.45, 7) is 6.34. The second-order valence-corrected chi connectivity index (χ2v) is 8.19. The molecular weight excluding hydrogens is 332 g/mol. The van der Waals surface area contributed by atoms with Crippen molar-refractivity contribution in [2.45, 2.75) is 38.6 Å². The van der Waals surface area contributed by atoms with Crippen molar-refractivity contribution >= 4 is 27.6 Å². The highest BCUT2D eigenvalue weighted by atomic mass is 32.2. The zero-order valence-electron chi connectivity index (χ0n) is 14.0. The zero-order valence-corrected chi connectivity index (χ0v) is 14.8. The number of carbonyl (C=O) groups excluding carboxylic acids is 2. The number of fused-ring (bicyclic) bond motifs is 1. The van der Waals surface area contributed by atoms with Gasteiger partial charge in [0.15, 0.2) is 12.4 Å². The number of hydrogen-bond acceptors (Lipinski definition) is 6. The molecule has 0 fully saturated rings. The number of nitrogens with one attached hydrogen (secondary N) is 1. The average molecular weight is 352 g/mol. The van der Waals surface area contributed by atoms with Crippen molar-refractivity contribution in [1.29, 1.82) is 0 Å². The van der Waals surface area contributed by atoms with E-state index < -0.39 is 27.4 Å². The Morgan fingerprint density at radius 1 is 1.25 bits per heavy atom. The third kappa shape index (κ3) is 3.81. The van der Waals surface area contributed by atoms with E-state index in [-0.39, 0.29) is 23.1 Å². The molecule has 0 unspecified atom stereocenters. The summed E-state index contributed by atoms with van der Waals surface area (Å²) in [4.78, 5) is 28.0. The lowest BCUT2D eigenvalue weighted by atomic mass is 9.91. The Bertz CT molecular complexity index is 806. The molecule has 7 nitrogen and oxygen atoms in total. The van der Waals surface area contributed by atoms with Crippen molar-refractivity contribution in [3.05, 3.63) is 29.8 Å². The van der Waals surface area contributed by atoms with Crippen LogP contribution in [0.15, 0.2) is 34.2 Å². The van der Waals surface area contributed by atoms with Gasteiger partial charge in [0.2, 0.25) is 0 Å². The average Bonchev–Trinajstić information content (AvgIpc) is 2.75. The van der Waals surface area contributed by atoms with Crippen LogP contribution in [0, 0.1) is 5.41 Å². The molecule has 0 saturated heterocycles. The molecule has 24 heavy (non-hydrogen) atoms. The second-order valence-electron chi connectivity index (χ2n) is 6.54. The largest absolute Gasteiger partial charge is 0.456 e. The lowest BCUT2D eigenvalue weighted by Crippen LogP contribution is -2.30. The summed E-state index contributed by atoms with van der Waals surface area (Å²) in [6, 6.07) is 5.41. The van der Waals surface area contributed by atoms with Crippen molar-refractivity contribution < 1.29 is 22.7 Å². The van der Waals surface area contributed by atoms with Gasteiger partial charge in [-0.25, -0.2) is 13.2 Å². The lowest BCUT2D eigenvalue weighted by molar-refractivity contribution is -0.150. The molecule has 1 aromatic rings. The lowest BCUT2D eigenvalue weighted by Gasteiger charge is -2.16. The summed E-state index contributed by atoms with van der Waals surface area (Å²) in [7, 11) is -3.66. The van der Waals surface area contributed by atoms with Gasteiger partial charge >= 0.3 is 5.97 Å². The van der Waals surface area contributed by atoms with Gasteiger partial charge in [0.05, 0.1) is 4.90 Å². The smallest absolute Gasteiger partial charge is 0.331 e. The van der Waals surface area contributed by atoms with Crippen LogP contribution in [0.2, 0.25) is 0 Å². The van der Waals surface area contributed by atoms with Gasteiger partial charge in [0.25, 0.3) is 10.0 Å². The van der Waals surface area contributed by atoms with Gasteiger partial charge in [-0.1, -0.05) is 32.9 Å². The number of sulfonamides is 1. The number of rotatable bonds is 4. The van der Waals surface area contributed by atoms with Crippen LogP contribution < -0.4 is 4.72 Å². The highest BCUT2D eigenvalue weighted by Gasteiger charge is 2.31. The Balaban J connectivity index is 2.12. The first-order valence-electron chi connectivity index (χ1n) is 7.42. The molecule has 0 amide bonds. The van der Waals surface area contributed by atoms with Gasteiger partial charge in [-0.2, -0.15) is 0 Å².